The van der Waals surface area contributed by atoms with Crippen LogP contribution in [0.2, 0.25) is 0 Å². The highest BCUT2D eigenvalue weighted by Crippen LogP contribution is 2.24. The van der Waals surface area contributed by atoms with Crippen molar-refractivity contribution < 1.29 is 15.0 Å². The van der Waals surface area contributed by atoms with Gasteiger partial charge in [0.25, 0.3) is 0 Å². The lowest BCUT2D eigenvalue weighted by Gasteiger charge is -2.09. The zero-order valence-corrected chi connectivity index (χ0v) is 6.99. The smallest absolute Gasteiger partial charge is 0.245 e. The van der Waals surface area contributed by atoms with Gasteiger partial charge in [0.15, 0.2) is 0 Å². The van der Waals surface area contributed by atoms with Gasteiger partial charge in [-0.1, -0.05) is 0 Å². The molecule has 1 amide bonds. The Morgan fingerprint density at radius 3 is 2.75 bits per heavy atom. The van der Waals surface area contributed by atoms with E-state index in [9.17, 15) is 4.79 Å². The fraction of sp³-hybridized carbons (Fsp3) is 0.875. The molecule has 12 heavy (non-hydrogen) atoms. The van der Waals surface area contributed by atoms with Crippen molar-refractivity contribution in [3.63, 3.8) is 0 Å². The van der Waals surface area contributed by atoms with Crippen molar-refractivity contribution in [3.8, 4) is 0 Å². The van der Waals surface area contributed by atoms with Crippen molar-refractivity contribution >= 4 is 5.91 Å². The average molecular weight is 173 g/mol. The summed E-state index contributed by atoms with van der Waals surface area (Å²) in [5, 5.41) is 20.2. The minimum atomic E-state index is -0.449. The topological polar surface area (TPSA) is 69.6 Å². The monoisotopic (exact) mass is 173 g/mol. The molecule has 1 saturated carbocycles. The minimum Gasteiger partial charge on any atom is -0.393 e. The SMILES string of the molecule is O=C(CO)NCC1CCC(O)C1. The molecular formula is C8H15NO3. The number of hydrogen-bond acceptors (Lipinski definition) is 3. The molecule has 0 aliphatic heterocycles. The number of carbonyl (C=O) groups excluding carboxylic acids is 1. The second kappa shape index (κ2) is 4.42. The first-order valence-electron chi connectivity index (χ1n) is 4.28. The number of nitrogens with one attached hydrogen (secondary N) is 1. The van der Waals surface area contributed by atoms with Crippen LogP contribution in [0.5, 0.6) is 0 Å². The molecule has 70 valence electrons. The van der Waals surface area contributed by atoms with Crippen LogP contribution in [0, 0.1) is 5.92 Å². The van der Waals surface area contributed by atoms with E-state index in [0.29, 0.717) is 12.5 Å². The molecular weight excluding hydrogens is 158 g/mol. The van der Waals surface area contributed by atoms with Crippen molar-refractivity contribution in [2.24, 2.45) is 5.92 Å². The van der Waals surface area contributed by atoms with E-state index in [0.717, 1.165) is 19.3 Å². The van der Waals surface area contributed by atoms with Gasteiger partial charge in [-0.25, -0.2) is 0 Å². The minimum absolute atomic E-state index is 0.193. The highest BCUT2D eigenvalue weighted by atomic mass is 16.3. The fourth-order valence-electron chi connectivity index (χ4n) is 1.55. The molecule has 3 N–H and O–H groups in total. The first-order chi connectivity index (χ1) is 5.72. The maximum absolute atomic E-state index is 10.6. The third kappa shape index (κ3) is 2.79. The first kappa shape index (κ1) is 9.48. The summed E-state index contributed by atoms with van der Waals surface area (Å²) in [5.41, 5.74) is 0. The number of hydrogen-bond donors (Lipinski definition) is 3. The number of amides is 1. The molecule has 0 heterocycles. The maximum atomic E-state index is 10.6. The Labute approximate surface area is 71.6 Å². The zero-order chi connectivity index (χ0) is 8.97. The molecule has 4 nitrogen and oxygen atoms in total. The standard InChI is InChI=1S/C8H15NO3/c10-5-8(12)9-4-6-1-2-7(11)3-6/h6-7,10-11H,1-5H2,(H,9,12). The molecule has 0 radical (unpaired) electrons. The van der Waals surface area contributed by atoms with Crippen molar-refractivity contribution in [2.45, 2.75) is 25.4 Å². The predicted molar refractivity (Wildman–Crippen MR) is 43.4 cm³/mol. The molecule has 4 heteroatoms. The van der Waals surface area contributed by atoms with Gasteiger partial charge in [0.2, 0.25) is 5.91 Å². The van der Waals surface area contributed by atoms with Crippen LogP contribution in [-0.2, 0) is 4.79 Å². The highest BCUT2D eigenvalue weighted by molar-refractivity contribution is 5.76. The molecule has 0 aromatic rings. The second-order valence-corrected chi connectivity index (χ2v) is 3.30. The Morgan fingerprint density at radius 1 is 1.50 bits per heavy atom. The van der Waals surface area contributed by atoms with E-state index in [1.807, 2.05) is 0 Å². The Morgan fingerprint density at radius 2 is 2.25 bits per heavy atom. The third-order valence-corrected chi connectivity index (χ3v) is 2.25. The van der Waals surface area contributed by atoms with E-state index >= 15 is 0 Å². The number of carbonyl (C=O) groups is 1. The summed E-state index contributed by atoms with van der Waals surface area (Å²) in [6.07, 6.45) is 2.37. The van der Waals surface area contributed by atoms with Gasteiger partial charge in [-0.2, -0.15) is 0 Å². The van der Waals surface area contributed by atoms with E-state index in [1.54, 1.807) is 0 Å². The summed E-state index contributed by atoms with van der Waals surface area (Å²) < 4.78 is 0. The molecule has 1 aliphatic rings. The van der Waals surface area contributed by atoms with Crippen molar-refractivity contribution in [1.29, 1.82) is 0 Å². The predicted octanol–water partition coefficient (Wildman–Crippen LogP) is -0.744. The molecule has 1 rings (SSSR count). The van der Waals surface area contributed by atoms with Crippen LogP contribution in [0.1, 0.15) is 19.3 Å². The van der Waals surface area contributed by atoms with Crippen LogP contribution in [0.3, 0.4) is 0 Å². The molecule has 2 atom stereocenters. The molecule has 0 saturated heterocycles. The zero-order valence-electron chi connectivity index (χ0n) is 6.99. The van der Waals surface area contributed by atoms with Gasteiger partial charge in [-0.3, -0.25) is 4.79 Å². The number of rotatable bonds is 3. The van der Waals surface area contributed by atoms with Crippen LogP contribution in [0.25, 0.3) is 0 Å². The van der Waals surface area contributed by atoms with E-state index in [1.165, 1.54) is 0 Å². The van der Waals surface area contributed by atoms with Crippen LogP contribution in [-0.4, -0.2) is 35.4 Å². The van der Waals surface area contributed by atoms with Gasteiger partial charge in [-0.05, 0) is 25.2 Å². The van der Waals surface area contributed by atoms with Gasteiger partial charge in [0.1, 0.15) is 6.61 Å². The fourth-order valence-corrected chi connectivity index (χ4v) is 1.55. The van der Waals surface area contributed by atoms with Crippen molar-refractivity contribution in [1.82, 2.24) is 5.32 Å². The second-order valence-electron chi connectivity index (χ2n) is 3.30. The molecule has 2 unspecified atom stereocenters. The van der Waals surface area contributed by atoms with Crippen LogP contribution < -0.4 is 5.32 Å². The lowest BCUT2D eigenvalue weighted by atomic mass is 10.1. The normalized spacial score (nSPS) is 28.8. The highest BCUT2D eigenvalue weighted by Gasteiger charge is 2.22. The van der Waals surface area contributed by atoms with E-state index in [2.05, 4.69) is 5.32 Å². The molecule has 0 bridgehead atoms. The van der Waals surface area contributed by atoms with Gasteiger partial charge in [0.05, 0.1) is 6.10 Å². The van der Waals surface area contributed by atoms with Crippen LogP contribution in [0.4, 0.5) is 0 Å². The Balaban J connectivity index is 2.11. The van der Waals surface area contributed by atoms with Crippen molar-refractivity contribution in [3.05, 3.63) is 0 Å². The van der Waals surface area contributed by atoms with Gasteiger partial charge in [0, 0.05) is 6.54 Å². The molecule has 0 aromatic heterocycles. The Bertz CT molecular complexity index is 160. The van der Waals surface area contributed by atoms with E-state index < -0.39 is 6.61 Å². The van der Waals surface area contributed by atoms with Gasteiger partial charge >= 0.3 is 0 Å². The quantitative estimate of drug-likeness (QED) is 0.526. The van der Waals surface area contributed by atoms with E-state index in [4.69, 9.17) is 10.2 Å². The van der Waals surface area contributed by atoms with Gasteiger partial charge in [-0.15, -0.1) is 0 Å². The maximum Gasteiger partial charge on any atom is 0.245 e. The number of aliphatic hydroxyl groups is 2. The lowest BCUT2D eigenvalue weighted by molar-refractivity contribution is -0.124. The van der Waals surface area contributed by atoms with Crippen molar-refractivity contribution in [2.75, 3.05) is 13.2 Å². The lowest BCUT2D eigenvalue weighted by Crippen LogP contribution is -2.30. The Hall–Kier alpha value is -0.610. The summed E-state index contributed by atoms with van der Waals surface area (Å²) in [4.78, 5) is 10.6. The van der Waals surface area contributed by atoms with Crippen LogP contribution >= 0.6 is 0 Å². The summed E-state index contributed by atoms with van der Waals surface area (Å²) >= 11 is 0. The van der Waals surface area contributed by atoms with E-state index in [-0.39, 0.29) is 12.0 Å². The third-order valence-electron chi connectivity index (χ3n) is 2.25. The average Bonchev–Trinajstić information content (AvgIpc) is 2.47. The molecule has 0 aromatic carbocycles. The van der Waals surface area contributed by atoms with Gasteiger partial charge < -0.3 is 15.5 Å². The summed E-state index contributed by atoms with van der Waals surface area (Å²) in [6, 6.07) is 0. The Kier molecular flexibility index (Phi) is 3.49. The molecule has 1 fully saturated rings. The van der Waals surface area contributed by atoms with Crippen LogP contribution in [0.15, 0.2) is 0 Å². The number of aliphatic hydroxyl groups excluding tert-OH is 2. The largest absolute Gasteiger partial charge is 0.393 e. The summed E-state index contributed by atoms with van der Waals surface area (Å²) in [5.74, 6) is 0.0480. The molecule has 0 spiro atoms. The first-order valence-corrected chi connectivity index (χ1v) is 4.28. The molecule has 1 aliphatic carbocycles. The summed E-state index contributed by atoms with van der Waals surface area (Å²) in [6.45, 7) is 0.131. The summed E-state index contributed by atoms with van der Waals surface area (Å²) in [7, 11) is 0.